The molecular weight excluding hydrogens is 320 g/mol. The van der Waals surface area contributed by atoms with Gasteiger partial charge in [-0.2, -0.15) is 0 Å². The Morgan fingerprint density at radius 1 is 1.00 bits per heavy atom. The van der Waals surface area contributed by atoms with Crippen LogP contribution in [0.3, 0.4) is 0 Å². The van der Waals surface area contributed by atoms with Crippen LogP contribution < -0.4 is 4.74 Å². The summed E-state index contributed by atoms with van der Waals surface area (Å²) in [5.41, 5.74) is 2.67. The molecule has 25 heavy (non-hydrogen) atoms. The van der Waals surface area contributed by atoms with Crippen molar-refractivity contribution in [2.45, 2.75) is 13.8 Å². The molecule has 1 heterocycles. The van der Waals surface area contributed by atoms with Crippen LogP contribution in [0.4, 0.5) is 0 Å². The average molecular weight is 338 g/mol. The summed E-state index contributed by atoms with van der Waals surface area (Å²) in [5, 5.41) is 0.829. The summed E-state index contributed by atoms with van der Waals surface area (Å²) in [4.78, 5) is 23.8. The lowest BCUT2D eigenvalue weighted by Crippen LogP contribution is -2.19. The predicted octanol–water partition coefficient (Wildman–Crippen LogP) is 3.85. The zero-order valence-electron chi connectivity index (χ0n) is 14.1. The van der Waals surface area contributed by atoms with Crippen molar-refractivity contribution in [1.29, 1.82) is 0 Å². The van der Waals surface area contributed by atoms with Gasteiger partial charge in [0.1, 0.15) is 11.3 Å². The summed E-state index contributed by atoms with van der Waals surface area (Å²) in [6.45, 7) is 3.25. The first-order valence-corrected chi connectivity index (χ1v) is 7.90. The summed E-state index contributed by atoms with van der Waals surface area (Å²) < 4.78 is 15.8. The summed E-state index contributed by atoms with van der Waals surface area (Å²) in [6, 6.07) is 14.6. The molecule has 0 atom stereocenters. The van der Waals surface area contributed by atoms with Crippen molar-refractivity contribution in [2.75, 3.05) is 13.2 Å². The Balaban J connectivity index is 1.52. The van der Waals surface area contributed by atoms with Crippen molar-refractivity contribution < 1.29 is 23.5 Å². The number of carbonyl (C=O) groups excluding carboxylic acids is 2. The van der Waals surface area contributed by atoms with E-state index in [1.54, 1.807) is 18.2 Å². The highest BCUT2D eigenvalue weighted by Crippen LogP contribution is 2.20. The van der Waals surface area contributed by atoms with Crippen molar-refractivity contribution in [3.63, 3.8) is 0 Å². The molecule has 0 N–H and O–H groups in total. The van der Waals surface area contributed by atoms with E-state index in [0.717, 1.165) is 16.5 Å². The number of hydrogen-bond donors (Lipinski definition) is 0. The molecule has 0 aliphatic carbocycles. The second-order valence-corrected chi connectivity index (χ2v) is 5.79. The molecule has 3 aromatic rings. The molecule has 0 radical (unpaired) electrons. The van der Waals surface area contributed by atoms with Gasteiger partial charge in [-0.25, -0.2) is 4.79 Å². The molecule has 128 valence electrons. The molecule has 0 spiro atoms. The van der Waals surface area contributed by atoms with Crippen LogP contribution >= 0.6 is 0 Å². The van der Waals surface area contributed by atoms with E-state index >= 15 is 0 Å². The molecule has 0 fully saturated rings. The number of hydrogen-bond acceptors (Lipinski definition) is 5. The molecule has 0 aliphatic heterocycles. The van der Waals surface area contributed by atoms with Gasteiger partial charge in [0.05, 0.1) is 0 Å². The zero-order chi connectivity index (χ0) is 17.8. The highest BCUT2D eigenvalue weighted by molar-refractivity contribution is 5.99. The number of benzene rings is 2. The van der Waals surface area contributed by atoms with Gasteiger partial charge < -0.3 is 13.9 Å². The maximum absolute atomic E-state index is 12.1. The second kappa shape index (κ2) is 7.21. The molecule has 0 saturated carbocycles. The van der Waals surface area contributed by atoms with Gasteiger partial charge in [0.15, 0.2) is 19.0 Å². The molecule has 2 aromatic carbocycles. The standard InChI is InChI=1S/C20H18O5/c1-13-7-8-17(14(2)9-13)23-12-20(22)24-11-16(21)19-10-15-5-3-4-6-18(15)25-19/h3-10H,11-12H2,1-2H3. The van der Waals surface area contributed by atoms with E-state index in [2.05, 4.69) is 0 Å². The van der Waals surface area contributed by atoms with Gasteiger partial charge >= 0.3 is 5.97 Å². The normalized spacial score (nSPS) is 10.6. The number of rotatable bonds is 6. The summed E-state index contributed by atoms with van der Waals surface area (Å²) >= 11 is 0. The van der Waals surface area contributed by atoms with Gasteiger partial charge in [-0.3, -0.25) is 4.79 Å². The molecule has 3 rings (SSSR count). The van der Waals surface area contributed by atoms with E-state index in [1.165, 1.54) is 0 Å². The minimum absolute atomic E-state index is 0.171. The Hall–Kier alpha value is -3.08. The molecule has 5 nitrogen and oxygen atoms in total. The highest BCUT2D eigenvalue weighted by Gasteiger charge is 2.15. The number of fused-ring (bicyclic) bond motifs is 1. The van der Waals surface area contributed by atoms with Crippen LogP contribution in [-0.4, -0.2) is 25.0 Å². The number of ether oxygens (including phenoxy) is 2. The first kappa shape index (κ1) is 16.8. The first-order chi connectivity index (χ1) is 12.0. The zero-order valence-corrected chi connectivity index (χ0v) is 14.1. The van der Waals surface area contributed by atoms with E-state index in [-0.39, 0.29) is 19.0 Å². The van der Waals surface area contributed by atoms with Gasteiger partial charge in [-0.05, 0) is 37.6 Å². The fourth-order valence-corrected chi connectivity index (χ4v) is 2.48. The second-order valence-electron chi connectivity index (χ2n) is 5.79. The number of carbonyl (C=O) groups is 2. The van der Waals surface area contributed by atoms with E-state index in [9.17, 15) is 9.59 Å². The fraction of sp³-hybridized carbons (Fsp3) is 0.200. The van der Waals surface area contributed by atoms with Gasteiger partial charge in [-0.15, -0.1) is 0 Å². The topological polar surface area (TPSA) is 65.7 Å². The largest absolute Gasteiger partial charge is 0.482 e. The van der Waals surface area contributed by atoms with Crippen LogP contribution in [0.25, 0.3) is 11.0 Å². The number of esters is 1. The Kier molecular flexibility index (Phi) is 4.84. The Labute approximate surface area is 145 Å². The van der Waals surface area contributed by atoms with Crippen LogP contribution in [0.15, 0.2) is 52.9 Å². The van der Waals surface area contributed by atoms with E-state index < -0.39 is 11.8 Å². The Morgan fingerprint density at radius 2 is 1.80 bits per heavy atom. The van der Waals surface area contributed by atoms with E-state index in [1.807, 2.05) is 44.2 Å². The third-order valence-electron chi connectivity index (χ3n) is 3.74. The number of para-hydroxylation sites is 1. The molecule has 0 saturated heterocycles. The van der Waals surface area contributed by atoms with Crippen molar-refractivity contribution >= 4 is 22.7 Å². The minimum atomic E-state index is -0.607. The summed E-state index contributed by atoms with van der Waals surface area (Å²) in [5.74, 6) is -0.212. The van der Waals surface area contributed by atoms with Crippen molar-refractivity contribution in [2.24, 2.45) is 0 Å². The number of Topliss-reactive ketones (excluding diaryl/α,β-unsaturated/α-hetero) is 1. The Bertz CT molecular complexity index is 890. The quantitative estimate of drug-likeness (QED) is 0.504. The Morgan fingerprint density at radius 3 is 2.56 bits per heavy atom. The van der Waals surface area contributed by atoms with Crippen LogP contribution in [0.2, 0.25) is 0 Å². The average Bonchev–Trinajstić information content (AvgIpc) is 3.03. The highest BCUT2D eigenvalue weighted by atomic mass is 16.6. The van der Waals surface area contributed by atoms with E-state index in [0.29, 0.717) is 11.3 Å². The van der Waals surface area contributed by atoms with Crippen LogP contribution in [0.5, 0.6) is 5.75 Å². The predicted molar refractivity (Wildman–Crippen MR) is 92.9 cm³/mol. The molecule has 0 bridgehead atoms. The summed E-state index contributed by atoms with van der Waals surface area (Å²) in [6.07, 6.45) is 0. The number of furan rings is 1. The molecular formula is C20H18O5. The monoisotopic (exact) mass is 338 g/mol. The van der Waals surface area contributed by atoms with Crippen molar-refractivity contribution in [3.8, 4) is 5.75 Å². The lowest BCUT2D eigenvalue weighted by Gasteiger charge is -2.09. The van der Waals surface area contributed by atoms with Crippen LogP contribution in [0, 0.1) is 13.8 Å². The van der Waals surface area contributed by atoms with E-state index in [4.69, 9.17) is 13.9 Å². The van der Waals surface area contributed by atoms with Gasteiger partial charge in [0, 0.05) is 5.39 Å². The maximum atomic E-state index is 12.1. The van der Waals surface area contributed by atoms with Crippen LogP contribution in [0.1, 0.15) is 21.7 Å². The number of aryl methyl sites for hydroxylation is 2. The third-order valence-corrected chi connectivity index (χ3v) is 3.74. The minimum Gasteiger partial charge on any atom is -0.482 e. The molecule has 0 aliphatic rings. The summed E-state index contributed by atoms with van der Waals surface area (Å²) in [7, 11) is 0. The first-order valence-electron chi connectivity index (χ1n) is 7.90. The van der Waals surface area contributed by atoms with Crippen molar-refractivity contribution in [1.82, 2.24) is 0 Å². The molecule has 1 aromatic heterocycles. The van der Waals surface area contributed by atoms with Gasteiger partial charge in [0.2, 0.25) is 5.78 Å². The lowest BCUT2D eigenvalue weighted by molar-refractivity contribution is -0.144. The third kappa shape index (κ3) is 4.07. The molecule has 0 unspecified atom stereocenters. The van der Waals surface area contributed by atoms with Gasteiger partial charge in [0.25, 0.3) is 0 Å². The van der Waals surface area contributed by atoms with Crippen molar-refractivity contribution in [3.05, 3.63) is 65.4 Å². The number of ketones is 1. The van der Waals surface area contributed by atoms with Crippen LogP contribution in [-0.2, 0) is 9.53 Å². The maximum Gasteiger partial charge on any atom is 0.344 e. The smallest absolute Gasteiger partial charge is 0.344 e. The molecule has 5 heteroatoms. The fourth-order valence-electron chi connectivity index (χ4n) is 2.48. The molecule has 0 amide bonds. The lowest BCUT2D eigenvalue weighted by atomic mass is 10.1. The van der Waals surface area contributed by atoms with Gasteiger partial charge in [-0.1, -0.05) is 35.9 Å². The SMILES string of the molecule is Cc1ccc(OCC(=O)OCC(=O)c2cc3ccccc3o2)c(C)c1.